The topological polar surface area (TPSA) is 169 Å². The van der Waals surface area contributed by atoms with Crippen molar-refractivity contribution < 1.29 is 23.9 Å². The standard InChI is InChI=1S/C23H34N6O5/c1-23(2,3)34-22(33)28-18(15-8-5-4-6-9-15)20(32)29-13-11-17(29)19(31)27-16(14-30)10-7-12-26-21(24)25/h4-6,8-9,14,16-18H,7,10-13H2,1-3H3,(H,27,31)(H,28,33)(H4,24,25,26)/t16-,17-,18-/m0/s1. The van der Waals surface area contributed by atoms with E-state index in [0.29, 0.717) is 44.2 Å². The summed E-state index contributed by atoms with van der Waals surface area (Å²) in [6.45, 7) is 5.87. The van der Waals surface area contributed by atoms with Gasteiger partial charge in [0.25, 0.3) is 5.91 Å². The van der Waals surface area contributed by atoms with Gasteiger partial charge in [0.2, 0.25) is 5.91 Å². The lowest BCUT2D eigenvalue weighted by molar-refractivity contribution is -0.149. The Morgan fingerprint density at radius 2 is 1.88 bits per heavy atom. The summed E-state index contributed by atoms with van der Waals surface area (Å²) in [5, 5.41) is 5.29. The zero-order valence-electron chi connectivity index (χ0n) is 19.8. The number of guanidine groups is 1. The molecule has 1 aliphatic heterocycles. The van der Waals surface area contributed by atoms with Crippen LogP contribution in [-0.2, 0) is 19.1 Å². The van der Waals surface area contributed by atoms with Crippen LogP contribution in [-0.4, -0.2) is 65.8 Å². The predicted molar refractivity (Wildman–Crippen MR) is 127 cm³/mol. The number of amides is 3. The molecule has 0 aliphatic carbocycles. The van der Waals surface area contributed by atoms with Gasteiger partial charge in [0.15, 0.2) is 5.96 Å². The van der Waals surface area contributed by atoms with E-state index in [1.54, 1.807) is 51.1 Å². The minimum atomic E-state index is -1.02. The van der Waals surface area contributed by atoms with Gasteiger partial charge in [-0.3, -0.25) is 14.6 Å². The van der Waals surface area contributed by atoms with Crippen LogP contribution in [0.1, 0.15) is 51.6 Å². The third kappa shape index (κ3) is 8.05. The number of benzene rings is 1. The highest BCUT2D eigenvalue weighted by Gasteiger charge is 2.41. The van der Waals surface area contributed by atoms with Gasteiger partial charge in [-0.1, -0.05) is 30.3 Å². The second-order valence-corrected chi connectivity index (χ2v) is 9.03. The molecule has 1 heterocycles. The number of carbonyl (C=O) groups excluding carboxylic acids is 4. The minimum absolute atomic E-state index is 0.0386. The number of rotatable bonds is 10. The zero-order valence-corrected chi connectivity index (χ0v) is 19.8. The molecule has 0 saturated carbocycles. The molecule has 11 heteroatoms. The Hall–Kier alpha value is -3.63. The average Bonchev–Trinajstić information content (AvgIpc) is 2.72. The molecule has 0 unspecified atom stereocenters. The molecule has 0 bridgehead atoms. The Bertz CT molecular complexity index is 895. The average molecular weight is 475 g/mol. The van der Waals surface area contributed by atoms with Crippen LogP contribution in [0.25, 0.3) is 0 Å². The van der Waals surface area contributed by atoms with Crippen molar-refractivity contribution in [2.75, 3.05) is 13.1 Å². The second kappa shape index (κ2) is 12.0. The lowest BCUT2D eigenvalue weighted by Crippen LogP contribution is -2.61. The van der Waals surface area contributed by atoms with Gasteiger partial charge >= 0.3 is 6.09 Å². The van der Waals surface area contributed by atoms with Gasteiger partial charge in [0.05, 0.1) is 6.04 Å². The van der Waals surface area contributed by atoms with Gasteiger partial charge in [0, 0.05) is 13.1 Å². The van der Waals surface area contributed by atoms with Crippen molar-refractivity contribution in [1.82, 2.24) is 15.5 Å². The number of hydrogen-bond donors (Lipinski definition) is 4. The number of aldehydes is 1. The third-order valence-corrected chi connectivity index (χ3v) is 5.11. The van der Waals surface area contributed by atoms with E-state index in [4.69, 9.17) is 16.2 Å². The fourth-order valence-corrected chi connectivity index (χ4v) is 3.42. The summed E-state index contributed by atoms with van der Waals surface area (Å²) in [5.41, 5.74) is 10.4. The number of aliphatic imine (C=N–C) groups is 1. The van der Waals surface area contributed by atoms with Gasteiger partial charge in [-0.2, -0.15) is 0 Å². The molecule has 0 radical (unpaired) electrons. The number of nitrogens with one attached hydrogen (secondary N) is 2. The summed E-state index contributed by atoms with van der Waals surface area (Å²) in [6, 6.07) is 6.26. The van der Waals surface area contributed by atoms with Crippen molar-refractivity contribution in [2.45, 2.75) is 63.8 Å². The Labute approximate surface area is 199 Å². The predicted octanol–water partition coefficient (Wildman–Crippen LogP) is 0.591. The molecule has 6 N–H and O–H groups in total. The highest BCUT2D eigenvalue weighted by Crippen LogP contribution is 2.25. The van der Waals surface area contributed by atoms with Gasteiger partial charge in [-0.05, 0) is 45.6 Å². The number of nitrogens with two attached hydrogens (primary N) is 2. The molecule has 11 nitrogen and oxygen atoms in total. The SMILES string of the molecule is CC(C)(C)OC(=O)N[C@H](C(=O)N1CC[C@H]1C(=O)N[C@H](C=O)CCCN=C(N)N)c1ccccc1. The molecule has 1 aromatic rings. The molecule has 34 heavy (non-hydrogen) atoms. The first-order valence-electron chi connectivity index (χ1n) is 11.2. The normalized spacial score (nSPS) is 16.9. The molecular formula is C23H34N6O5. The largest absolute Gasteiger partial charge is 0.444 e. The van der Waals surface area contributed by atoms with Crippen molar-refractivity contribution >= 4 is 30.2 Å². The van der Waals surface area contributed by atoms with E-state index in [9.17, 15) is 19.2 Å². The number of likely N-dealkylation sites (tertiary alicyclic amines) is 1. The quantitative estimate of drug-likeness (QED) is 0.166. The lowest BCUT2D eigenvalue weighted by atomic mass is 9.97. The van der Waals surface area contributed by atoms with E-state index in [1.165, 1.54) is 4.90 Å². The van der Waals surface area contributed by atoms with Gasteiger partial charge in [-0.25, -0.2) is 4.79 Å². The first kappa shape index (κ1) is 26.6. The van der Waals surface area contributed by atoms with Crippen molar-refractivity contribution in [3.8, 4) is 0 Å². The number of ether oxygens (including phenoxy) is 1. The number of alkyl carbamates (subject to hydrolysis) is 1. The van der Waals surface area contributed by atoms with Crippen LogP contribution < -0.4 is 22.1 Å². The van der Waals surface area contributed by atoms with Crippen LogP contribution in [0.2, 0.25) is 0 Å². The Morgan fingerprint density at radius 3 is 2.41 bits per heavy atom. The van der Waals surface area contributed by atoms with Crippen molar-refractivity contribution in [3.05, 3.63) is 35.9 Å². The van der Waals surface area contributed by atoms with E-state index in [-0.39, 0.29) is 5.96 Å². The van der Waals surface area contributed by atoms with Crippen LogP contribution in [0, 0.1) is 0 Å². The summed E-state index contributed by atoms with van der Waals surface area (Å²) >= 11 is 0. The number of hydrogen-bond acceptors (Lipinski definition) is 6. The van der Waals surface area contributed by atoms with E-state index in [2.05, 4.69) is 15.6 Å². The molecule has 186 valence electrons. The Morgan fingerprint density at radius 1 is 1.21 bits per heavy atom. The highest BCUT2D eigenvalue weighted by atomic mass is 16.6. The zero-order chi connectivity index (χ0) is 25.3. The summed E-state index contributed by atoms with van der Waals surface area (Å²) in [5.74, 6) is -0.898. The molecule has 1 aromatic carbocycles. The Balaban J connectivity index is 2.05. The molecular weight excluding hydrogens is 440 g/mol. The fraction of sp³-hybridized carbons (Fsp3) is 0.522. The molecule has 1 saturated heterocycles. The fourth-order valence-electron chi connectivity index (χ4n) is 3.42. The number of nitrogens with zero attached hydrogens (tertiary/aromatic N) is 2. The monoisotopic (exact) mass is 474 g/mol. The maximum atomic E-state index is 13.3. The van der Waals surface area contributed by atoms with Gasteiger partial charge in [-0.15, -0.1) is 0 Å². The maximum Gasteiger partial charge on any atom is 0.408 e. The smallest absolute Gasteiger partial charge is 0.408 e. The molecule has 3 atom stereocenters. The highest BCUT2D eigenvalue weighted by molar-refractivity contribution is 5.94. The lowest BCUT2D eigenvalue weighted by Gasteiger charge is -2.42. The number of carbonyl (C=O) groups is 4. The van der Waals surface area contributed by atoms with E-state index < -0.39 is 41.6 Å². The van der Waals surface area contributed by atoms with E-state index in [1.807, 2.05) is 0 Å². The van der Waals surface area contributed by atoms with Crippen LogP contribution in [0.5, 0.6) is 0 Å². The third-order valence-electron chi connectivity index (χ3n) is 5.11. The Kier molecular flexibility index (Phi) is 9.40. The summed E-state index contributed by atoms with van der Waals surface area (Å²) in [6.07, 6.45) is 1.22. The summed E-state index contributed by atoms with van der Waals surface area (Å²) in [7, 11) is 0. The molecule has 1 fully saturated rings. The molecule has 2 rings (SSSR count). The van der Waals surface area contributed by atoms with Gasteiger partial charge in [0.1, 0.15) is 24.0 Å². The van der Waals surface area contributed by atoms with Crippen LogP contribution in [0.4, 0.5) is 4.79 Å². The van der Waals surface area contributed by atoms with Crippen LogP contribution >= 0.6 is 0 Å². The maximum absolute atomic E-state index is 13.3. The van der Waals surface area contributed by atoms with Crippen LogP contribution in [0.3, 0.4) is 0 Å². The first-order chi connectivity index (χ1) is 16.0. The molecule has 1 aliphatic rings. The summed E-state index contributed by atoms with van der Waals surface area (Å²) < 4.78 is 5.31. The second-order valence-electron chi connectivity index (χ2n) is 9.03. The van der Waals surface area contributed by atoms with E-state index >= 15 is 0 Å². The van der Waals surface area contributed by atoms with Crippen molar-refractivity contribution in [3.63, 3.8) is 0 Å². The first-order valence-corrected chi connectivity index (χ1v) is 11.2. The molecule has 0 aromatic heterocycles. The summed E-state index contributed by atoms with van der Waals surface area (Å²) in [4.78, 5) is 55.2. The van der Waals surface area contributed by atoms with Gasteiger partial charge < -0.3 is 36.5 Å². The van der Waals surface area contributed by atoms with E-state index in [0.717, 1.165) is 0 Å². The minimum Gasteiger partial charge on any atom is -0.444 e. The van der Waals surface area contributed by atoms with Crippen LogP contribution in [0.15, 0.2) is 35.3 Å². The van der Waals surface area contributed by atoms with Crippen molar-refractivity contribution in [1.29, 1.82) is 0 Å². The molecule has 3 amide bonds. The molecule has 0 spiro atoms. The van der Waals surface area contributed by atoms with Crippen molar-refractivity contribution in [2.24, 2.45) is 16.5 Å².